The molecule has 0 saturated carbocycles. The van der Waals surface area contributed by atoms with Gasteiger partial charge in [-0.25, -0.2) is 8.42 Å². The summed E-state index contributed by atoms with van der Waals surface area (Å²) < 4.78 is 32.8. The maximum absolute atomic E-state index is 13.2. The zero-order chi connectivity index (χ0) is 21.4. The highest BCUT2D eigenvalue weighted by Gasteiger charge is 2.27. The number of halogens is 1. The van der Waals surface area contributed by atoms with Crippen LogP contribution in [0.3, 0.4) is 0 Å². The zero-order valence-electron chi connectivity index (χ0n) is 16.7. The molecule has 7 nitrogen and oxygen atoms in total. The van der Waals surface area contributed by atoms with Crippen molar-refractivity contribution in [3.63, 3.8) is 0 Å². The topological polar surface area (TPSA) is 79.0 Å². The molecule has 1 amide bonds. The van der Waals surface area contributed by atoms with Gasteiger partial charge in [0.25, 0.3) is 10.0 Å². The number of sulfonamides is 1. The second-order valence-corrected chi connectivity index (χ2v) is 9.26. The predicted octanol–water partition coefficient (Wildman–Crippen LogP) is 2.37. The Morgan fingerprint density at radius 2 is 1.73 bits per heavy atom. The number of ether oxygens (including phenoxy) is 1. The van der Waals surface area contributed by atoms with Gasteiger partial charge in [0.05, 0.1) is 23.8 Å². The van der Waals surface area contributed by atoms with E-state index in [0.717, 1.165) is 43.6 Å². The number of rotatable bonds is 9. The van der Waals surface area contributed by atoms with Gasteiger partial charge in [0.1, 0.15) is 6.54 Å². The maximum atomic E-state index is 13.2. The summed E-state index contributed by atoms with van der Waals surface area (Å²) in [6, 6.07) is 14.5. The van der Waals surface area contributed by atoms with Crippen molar-refractivity contribution in [2.75, 3.05) is 50.2 Å². The van der Waals surface area contributed by atoms with Crippen molar-refractivity contribution in [2.45, 2.75) is 11.3 Å². The standard InChI is InChI=1S/C21H26ClN3O4S/c22-18-7-9-19(10-8-18)25(30(27,28)20-5-2-1-3-6-20)17-21(26)23-11-4-12-24-13-15-29-16-14-24/h1-3,5-10H,4,11-17H2,(H,23,26). The minimum atomic E-state index is -3.90. The molecule has 0 aromatic heterocycles. The van der Waals surface area contributed by atoms with Gasteiger partial charge >= 0.3 is 0 Å². The Kier molecular flexibility index (Phi) is 8.09. The van der Waals surface area contributed by atoms with E-state index in [1.165, 1.54) is 12.1 Å². The van der Waals surface area contributed by atoms with E-state index < -0.39 is 10.0 Å². The van der Waals surface area contributed by atoms with Crippen LogP contribution in [0.25, 0.3) is 0 Å². The zero-order valence-corrected chi connectivity index (χ0v) is 18.2. The van der Waals surface area contributed by atoms with Crippen LogP contribution in [0.5, 0.6) is 0 Å². The van der Waals surface area contributed by atoms with Crippen LogP contribution >= 0.6 is 11.6 Å². The molecule has 0 unspecified atom stereocenters. The molecule has 2 aromatic carbocycles. The summed E-state index contributed by atoms with van der Waals surface area (Å²) in [5, 5.41) is 3.32. The highest BCUT2D eigenvalue weighted by molar-refractivity contribution is 7.92. The van der Waals surface area contributed by atoms with Crippen LogP contribution in [0.2, 0.25) is 5.02 Å². The molecule has 30 heavy (non-hydrogen) atoms. The molecule has 2 aromatic rings. The quantitative estimate of drug-likeness (QED) is 0.592. The predicted molar refractivity (Wildman–Crippen MR) is 117 cm³/mol. The summed E-state index contributed by atoms with van der Waals surface area (Å²) in [7, 11) is -3.90. The fraction of sp³-hybridized carbons (Fsp3) is 0.381. The van der Waals surface area contributed by atoms with E-state index in [4.69, 9.17) is 16.3 Å². The van der Waals surface area contributed by atoms with Gasteiger partial charge in [-0.3, -0.25) is 14.0 Å². The molecule has 0 atom stereocenters. The summed E-state index contributed by atoms with van der Waals surface area (Å²) in [6.45, 7) is 4.31. The molecular weight excluding hydrogens is 426 g/mol. The van der Waals surface area contributed by atoms with E-state index in [1.54, 1.807) is 42.5 Å². The molecule has 0 bridgehead atoms. The molecule has 1 heterocycles. The monoisotopic (exact) mass is 451 g/mol. The van der Waals surface area contributed by atoms with Crippen molar-refractivity contribution in [1.82, 2.24) is 10.2 Å². The Balaban J connectivity index is 1.65. The van der Waals surface area contributed by atoms with Gasteiger partial charge in [-0.2, -0.15) is 0 Å². The number of morpholine rings is 1. The van der Waals surface area contributed by atoms with Gasteiger partial charge in [-0.15, -0.1) is 0 Å². The van der Waals surface area contributed by atoms with E-state index in [1.807, 2.05) is 0 Å². The van der Waals surface area contributed by atoms with Crippen LogP contribution in [-0.4, -0.2) is 65.2 Å². The number of anilines is 1. The molecule has 9 heteroatoms. The van der Waals surface area contributed by atoms with Crippen molar-refractivity contribution < 1.29 is 17.9 Å². The van der Waals surface area contributed by atoms with Crippen molar-refractivity contribution in [3.05, 3.63) is 59.6 Å². The number of hydrogen-bond acceptors (Lipinski definition) is 5. The molecule has 1 N–H and O–H groups in total. The van der Waals surface area contributed by atoms with E-state index in [-0.39, 0.29) is 17.3 Å². The average molecular weight is 452 g/mol. The summed E-state index contributed by atoms with van der Waals surface area (Å²) in [5.74, 6) is -0.355. The lowest BCUT2D eigenvalue weighted by atomic mass is 10.3. The molecule has 0 radical (unpaired) electrons. The number of nitrogens with one attached hydrogen (secondary N) is 1. The summed E-state index contributed by atoms with van der Waals surface area (Å²) in [5.41, 5.74) is 0.381. The van der Waals surface area contributed by atoms with Crippen molar-refractivity contribution in [2.24, 2.45) is 0 Å². The molecule has 3 rings (SSSR count). The Hall–Kier alpha value is -2.13. The molecule has 1 fully saturated rings. The van der Waals surface area contributed by atoms with Crippen LogP contribution in [0, 0.1) is 0 Å². The van der Waals surface area contributed by atoms with Gasteiger partial charge in [0.2, 0.25) is 5.91 Å². The Morgan fingerprint density at radius 1 is 1.07 bits per heavy atom. The SMILES string of the molecule is O=C(CN(c1ccc(Cl)cc1)S(=O)(=O)c1ccccc1)NCCCN1CCOCC1. The van der Waals surface area contributed by atoms with Crippen LogP contribution in [0.1, 0.15) is 6.42 Å². The molecular formula is C21H26ClN3O4S. The van der Waals surface area contributed by atoms with Crippen molar-refractivity contribution in [1.29, 1.82) is 0 Å². The first-order valence-corrected chi connectivity index (χ1v) is 11.7. The Morgan fingerprint density at radius 3 is 2.40 bits per heavy atom. The average Bonchev–Trinajstić information content (AvgIpc) is 2.77. The minimum Gasteiger partial charge on any atom is -0.379 e. The number of amides is 1. The fourth-order valence-corrected chi connectivity index (χ4v) is 4.75. The highest BCUT2D eigenvalue weighted by Crippen LogP contribution is 2.24. The smallest absolute Gasteiger partial charge is 0.264 e. The lowest BCUT2D eigenvalue weighted by Crippen LogP contribution is -2.42. The molecule has 0 aliphatic carbocycles. The van der Waals surface area contributed by atoms with Crippen molar-refractivity contribution in [3.8, 4) is 0 Å². The maximum Gasteiger partial charge on any atom is 0.264 e. The molecule has 1 aliphatic heterocycles. The molecule has 1 saturated heterocycles. The third-order valence-electron chi connectivity index (χ3n) is 4.81. The van der Waals surface area contributed by atoms with E-state index in [2.05, 4.69) is 10.2 Å². The number of hydrogen-bond donors (Lipinski definition) is 1. The number of nitrogens with zero attached hydrogens (tertiary/aromatic N) is 2. The number of carbonyl (C=O) groups excluding carboxylic acids is 1. The summed E-state index contributed by atoms with van der Waals surface area (Å²) in [6.07, 6.45) is 0.790. The van der Waals surface area contributed by atoms with Gasteiger partial charge in [0, 0.05) is 24.7 Å². The summed E-state index contributed by atoms with van der Waals surface area (Å²) >= 11 is 5.94. The first-order valence-electron chi connectivity index (χ1n) is 9.87. The number of benzene rings is 2. The second kappa shape index (κ2) is 10.8. The van der Waals surface area contributed by atoms with Gasteiger partial charge in [-0.05, 0) is 49.4 Å². The van der Waals surface area contributed by atoms with E-state index in [9.17, 15) is 13.2 Å². The molecule has 0 spiro atoms. The third kappa shape index (κ3) is 6.18. The first-order chi connectivity index (χ1) is 14.5. The van der Waals surface area contributed by atoms with E-state index in [0.29, 0.717) is 17.3 Å². The van der Waals surface area contributed by atoms with Gasteiger partial charge < -0.3 is 10.1 Å². The minimum absolute atomic E-state index is 0.125. The van der Waals surface area contributed by atoms with Crippen LogP contribution in [0.15, 0.2) is 59.5 Å². The largest absolute Gasteiger partial charge is 0.379 e. The van der Waals surface area contributed by atoms with Crippen LogP contribution < -0.4 is 9.62 Å². The fourth-order valence-electron chi connectivity index (χ4n) is 3.18. The molecule has 162 valence electrons. The Labute approximate surface area is 182 Å². The highest BCUT2D eigenvalue weighted by atomic mass is 35.5. The second-order valence-electron chi connectivity index (χ2n) is 6.96. The molecule has 1 aliphatic rings. The van der Waals surface area contributed by atoms with Gasteiger partial charge in [0.15, 0.2) is 0 Å². The lowest BCUT2D eigenvalue weighted by molar-refractivity contribution is -0.119. The normalized spacial score (nSPS) is 15.0. The van der Waals surface area contributed by atoms with Crippen molar-refractivity contribution >= 4 is 33.2 Å². The summed E-state index contributed by atoms with van der Waals surface area (Å²) in [4.78, 5) is 15.0. The van der Waals surface area contributed by atoms with Crippen LogP contribution in [-0.2, 0) is 19.6 Å². The Bertz CT molecular complexity index is 917. The first kappa shape index (κ1) is 22.6. The number of carbonyl (C=O) groups is 1. The van der Waals surface area contributed by atoms with Gasteiger partial charge in [-0.1, -0.05) is 29.8 Å². The van der Waals surface area contributed by atoms with Crippen LogP contribution in [0.4, 0.5) is 5.69 Å². The third-order valence-corrected chi connectivity index (χ3v) is 6.85. The van der Waals surface area contributed by atoms with E-state index >= 15 is 0 Å². The lowest BCUT2D eigenvalue weighted by Gasteiger charge is -2.26.